The topological polar surface area (TPSA) is 69.6 Å². The minimum absolute atomic E-state index is 0.151. The van der Waals surface area contributed by atoms with Gasteiger partial charge in [0.1, 0.15) is 5.82 Å². The number of halogens is 1. The number of rotatable bonds is 3. The van der Waals surface area contributed by atoms with Crippen LogP contribution in [0.5, 0.6) is 0 Å². The Labute approximate surface area is 122 Å². The molecule has 0 spiro atoms. The highest BCUT2D eigenvalue weighted by atomic mass is 19.1. The standard InChI is InChI=1S/C15H19FN2O3/c1-3-11-6-4-9(2)18(11)15(21)17-10-5-7-12(14(19)20)13(16)8-10/h5,7-9,11H,3-4,6H2,1-2H3,(H,17,21)(H,19,20). The number of hydrogen-bond donors (Lipinski definition) is 2. The fourth-order valence-electron chi connectivity index (χ4n) is 2.79. The van der Waals surface area contributed by atoms with E-state index in [1.165, 1.54) is 6.07 Å². The Balaban J connectivity index is 2.12. The van der Waals surface area contributed by atoms with Crippen LogP contribution in [0.2, 0.25) is 0 Å². The lowest BCUT2D eigenvalue weighted by Crippen LogP contribution is -2.42. The van der Waals surface area contributed by atoms with Gasteiger partial charge in [-0.25, -0.2) is 14.0 Å². The predicted octanol–water partition coefficient (Wildman–Crippen LogP) is 3.32. The smallest absolute Gasteiger partial charge is 0.338 e. The van der Waals surface area contributed by atoms with Crippen LogP contribution in [-0.4, -0.2) is 34.1 Å². The van der Waals surface area contributed by atoms with Crippen LogP contribution in [0.25, 0.3) is 0 Å². The Bertz CT molecular complexity index is 562. The van der Waals surface area contributed by atoms with Crippen molar-refractivity contribution in [2.24, 2.45) is 0 Å². The second-order valence-electron chi connectivity index (χ2n) is 5.33. The van der Waals surface area contributed by atoms with Gasteiger partial charge in [-0.15, -0.1) is 0 Å². The lowest BCUT2D eigenvalue weighted by molar-refractivity contribution is 0.0692. The molecule has 5 nitrogen and oxygen atoms in total. The second-order valence-corrected chi connectivity index (χ2v) is 5.33. The quantitative estimate of drug-likeness (QED) is 0.898. The summed E-state index contributed by atoms with van der Waals surface area (Å²) in [5, 5.41) is 11.4. The average molecular weight is 294 g/mol. The van der Waals surface area contributed by atoms with Crippen molar-refractivity contribution in [3.05, 3.63) is 29.6 Å². The highest BCUT2D eigenvalue weighted by Gasteiger charge is 2.33. The first kappa shape index (κ1) is 15.3. The van der Waals surface area contributed by atoms with Gasteiger partial charge in [-0.05, 0) is 44.4 Å². The zero-order valence-corrected chi connectivity index (χ0v) is 12.1. The van der Waals surface area contributed by atoms with E-state index in [9.17, 15) is 14.0 Å². The van der Waals surface area contributed by atoms with E-state index in [1.54, 1.807) is 4.90 Å². The molecule has 1 aliphatic rings. The molecule has 6 heteroatoms. The van der Waals surface area contributed by atoms with Gasteiger partial charge in [0.15, 0.2) is 0 Å². The molecule has 1 saturated heterocycles. The minimum atomic E-state index is -1.33. The van der Waals surface area contributed by atoms with E-state index in [-0.39, 0.29) is 23.8 Å². The number of carbonyl (C=O) groups excluding carboxylic acids is 1. The van der Waals surface area contributed by atoms with Crippen molar-refractivity contribution in [3.63, 3.8) is 0 Å². The first-order valence-electron chi connectivity index (χ1n) is 7.06. The number of anilines is 1. The van der Waals surface area contributed by atoms with E-state index in [4.69, 9.17) is 5.11 Å². The first-order chi connectivity index (χ1) is 9.93. The number of carboxylic acid groups (broad SMARTS) is 1. The third kappa shape index (κ3) is 3.15. The molecule has 1 fully saturated rings. The van der Waals surface area contributed by atoms with Crippen LogP contribution in [0.3, 0.4) is 0 Å². The van der Waals surface area contributed by atoms with Crippen LogP contribution in [0.1, 0.15) is 43.5 Å². The number of carboxylic acids is 1. The lowest BCUT2D eigenvalue weighted by Gasteiger charge is -2.28. The maximum Gasteiger partial charge on any atom is 0.338 e. The summed E-state index contributed by atoms with van der Waals surface area (Å²) in [6.07, 6.45) is 2.81. The lowest BCUT2D eigenvalue weighted by atomic mass is 10.1. The SMILES string of the molecule is CCC1CCC(C)N1C(=O)Nc1ccc(C(=O)O)c(F)c1. The zero-order valence-electron chi connectivity index (χ0n) is 12.1. The molecule has 2 rings (SSSR count). The van der Waals surface area contributed by atoms with E-state index < -0.39 is 17.3 Å². The molecule has 2 N–H and O–H groups in total. The van der Waals surface area contributed by atoms with Crippen LogP contribution in [0.15, 0.2) is 18.2 Å². The maximum absolute atomic E-state index is 13.6. The normalized spacial score (nSPS) is 21.4. The molecule has 2 unspecified atom stereocenters. The van der Waals surface area contributed by atoms with Gasteiger partial charge in [-0.3, -0.25) is 0 Å². The van der Waals surface area contributed by atoms with Crippen LogP contribution in [0, 0.1) is 5.82 Å². The number of nitrogens with zero attached hydrogens (tertiary/aromatic N) is 1. The van der Waals surface area contributed by atoms with Gasteiger partial charge in [0.2, 0.25) is 0 Å². The Hall–Kier alpha value is -2.11. The molecule has 0 saturated carbocycles. The molecule has 0 radical (unpaired) electrons. The molecular weight excluding hydrogens is 275 g/mol. The van der Waals surface area contributed by atoms with Gasteiger partial charge in [0.25, 0.3) is 0 Å². The first-order valence-corrected chi connectivity index (χ1v) is 7.06. The van der Waals surface area contributed by atoms with Gasteiger partial charge in [0, 0.05) is 17.8 Å². The van der Waals surface area contributed by atoms with E-state index >= 15 is 0 Å². The Kier molecular flexibility index (Phi) is 4.45. The number of nitrogens with one attached hydrogen (secondary N) is 1. The molecule has 0 aliphatic carbocycles. The van der Waals surface area contributed by atoms with Crippen LogP contribution in [0.4, 0.5) is 14.9 Å². The largest absolute Gasteiger partial charge is 0.478 e. The summed E-state index contributed by atoms with van der Waals surface area (Å²) in [6.45, 7) is 4.02. The molecule has 1 aromatic carbocycles. The van der Waals surface area contributed by atoms with Gasteiger partial charge >= 0.3 is 12.0 Å². The third-order valence-corrected chi connectivity index (χ3v) is 3.94. The summed E-state index contributed by atoms with van der Waals surface area (Å²) in [7, 11) is 0. The second kappa shape index (κ2) is 6.11. The van der Waals surface area contributed by atoms with Crippen molar-refractivity contribution in [2.45, 2.75) is 45.2 Å². The van der Waals surface area contributed by atoms with Crippen molar-refractivity contribution < 1.29 is 19.1 Å². The molecule has 114 valence electrons. The summed E-state index contributed by atoms with van der Waals surface area (Å²) in [4.78, 5) is 24.8. The third-order valence-electron chi connectivity index (χ3n) is 3.94. The Morgan fingerprint density at radius 1 is 1.43 bits per heavy atom. The number of carbonyl (C=O) groups is 2. The number of urea groups is 1. The minimum Gasteiger partial charge on any atom is -0.478 e. The molecule has 1 aromatic rings. The summed E-state index contributed by atoms with van der Waals surface area (Å²) in [6, 6.07) is 3.66. The van der Waals surface area contributed by atoms with Crippen molar-refractivity contribution in [1.82, 2.24) is 4.90 Å². The molecular formula is C15H19FN2O3. The van der Waals surface area contributed by atoms with Crippen LogP contribution in [-0.2, 0) is 0 Å². The highest BCUT2D eigenvalue weighted by Crippen LogP contribution is 2.27. The number of amides is 2. The molecule has 2 atom stereocenters. The van der Waals surface area contributed by atoms with Crippen molar-refractivity contribution in [2.75, 3.05) is 5.32 Å². The van der Waals surface area contributed by atoms with E-state index in [1.807, 2.05) is 13.8 Å². The monoisotopic (exact) mass is 294 g/mol. The fraction of sp³-hybridized carbons (Fsp3) is 0.467. The van der Waals surface area contributed by atoms with Gasteiger partial charge in [-0.2, -0.15) is 0 Å². The van der Waals surface area contributed by atoms with Crippen LogP contribution >= 0.6 is 0 Å². The molecule has 1 aliphatic heterocycles. The molecule has 1 heterocycles. The van der Waals surface area contributed by atoms with Crippen molar-refractivity contribution >= 4 is 17.7 Å². The van der Waals surface area contributed by atoms with E-state index in [0.29, 0.717) is 0 Å². The van der Waals surface area contributed by atoms with Crippen LogP contribution < -0.4 is 5.32 Å². The molecule has 21 heavy (non-hydrogen) atoms. The maximum atomic E-state index is 13.6. The average Bonchev–Trinajstić information content (AvgIpc) is 2.79. The summed E-state index contributed by atoms with van der Waals surface area (Å²) in [5.74, 6) is -2.19. The Morgan fingerprint density at radius 2 is 2.14 bits per heavy atom. The van der Waals surface area contributed by atoms with Crippen molar-refractivity contribution in [1.29, 1.82) is 0 Å². The molecule has 2 amide bonds. The number of aromatic carboxylic acids is 1. The Morgan fingerprint density at radius 3 is 2.71 bits per heavy atom. The van der Waals surface area contributed by atoms with Gasteiger partial charge < -0.3 is 15.3 Å². The predicted molar refractivity (Wildman–Crippen MR) is 77.0 cm³/mol. The number of likely N-dealkylation sites (tertiary alicyclic amines) is 1. The fourth-order valence-corrected chi connectivity index (χ4v) is 2.79. The van der Waals surface area contributed by atoms with E-state index in [0.717, 1.165) is 31.4 Å². The van der Waals surface area contributed by atoms with E-state index in [2.05, 4.69) is 5.32 Å². The zero-order chi connectivity index (χ0) is 15.6. The summed E-state index contributed by atoms with van der Waals surface area (Å²) < 4.78 is 13.6. The highest BCUT2D eigenvalue weighted by molar-refractivity contribution is 5.92. The molecule has 0 aromatic heterocycles. The van der Waals surface area contributed by atoms with Gasteiger partial charge in [0.05, 0.1) is 5.56 Å². The van der Waals surface area contributed by atoms with Gasteiger partial charge in [-0.1, -0.05) is 6.92 Å². The molecule has 0 bridgehead atoms. The number of hydrogen-bond acceptors (Lipinski definition) is 2. The summed E-state index contributed by atoms with van der Waals surface area (Å²) >= 11 is 0. The van der Waals surface area contributed by atoms with Crippen molar-refractivity contribution in [3.8, 4) is 0 Å². The summed E-state index contributed by atoms with van der Waals surface area (Å²) in [5.41, 5.74) is -0.148. The number of benzene rings is 1.